The zero-order valence-corrected chi connectivity index (χ0v) is 40.3. The lowest BCUT2D eigenvalue weighted by molar-refractivity contribution is -0.870. The monoisotopic (exact) mass is 876 g/mol. The van der Waals surface area contributed by atoms with Crippen LogP contribution in [-0.4, -0.2) is 92.5 Å². The summed E-state index contributed by atoms with van der Waals surface area (Å²) < 4.78 is 33.9. The SMILES string of the molecule is CCCCC/C=C\C[C@H](O)[C@@H](O)CCCCCCCC(=O)O[C@H](COC(=O)CCCCCCCCCCCCCCCCCCCCC)COP(=O)([O-])OCC[N+](C)(C)C. The molecule has 2 N–H and O–H groups in total. The predicted octanol–water partition coefficient (Wildman–Crippen LogP) is 11.5. The van der Waals surface area contributed by atoms with Crippen molar-refractivity contribution in [1.82, 2.24) is 0 Å². The lowest BCUT2D eigenvalue weighted by Gasteiger charge is -2.28. The average Bonchev–Trinajstić information content (AvgIpc) is 3.19. The van der Waals surface area contributed by atoms with E-state index in [1.165, 1.54) is 116 Å². The molecule has 0 fully saturated rings. The quantitative estimate of drug-likeness (QED) is 0.0199. The van der Waals surface area contributed by atoms with Gasteiger partial charge >= 0.3 is 11.9 Å². The smallest absolute Gasteiger partial charge is 0.306 e. The third kappa shape index (κ3) is 42.0. The molecule has 0 aliphatic rings. The molecule has 0 aromatic heterocycles. The molecule has 356 valence electrons. The van der Waals surface area contributed by atoms with Crippen molar-refractivity contribution < 1.29 is 52.3 Å². The molecule has 0 aromatic carbocycles. The summed E-state index contributed by atoms with van der Waals surface area (Å²) in [5.41, 5.74) is 0. The number of esters is 2. The fourth-order valence-corrected chi connectivity index (χ4v) is 7.70. The summed E-state index contributed by atoms with van der Waals surface area (Å²) in [6, 6.07) is 0. The van der Waals surface area contributed by atoms with Crippen LogP contribution in [0.3, 0.4) is 0 Å². The van der Waals surface area contributed by atoms with Crippen LogP contribution < -0.4 is 4.89 Å². The van der Waals surface area contributed by atoms with Gasteiger partial charge in [-0.1, -0.05) is 180 Å². The van der Waals surface area contributed by atoms with Crippen LogP contribution in [0.25, 0.3) is 0 Å². The molecule has 0 aliphatic carbocycles. The first kappa shape index (κ1) is 58.7. The Bertz CT molecular complexity index is 1070. The summed E-state index contributed by atoms with van der Waals surface area (Å²) in [4.78, 5) is 37.7. The number of nitrogens with zero attached hydrogens (tertiary/aromatic N) is 1. The normalized spacial score (nSPS) is 14.6. The van der Waals surface area contributed by atoms with Gasteiger partial charge in [0, 0.05) is 12.8 Å². The number of aliphatic hydroxyl groups is 2. The number of ether oxygens (including phenoxy) is 2. The number of quaternary nitrogens is 1. The number of hydrogen-bond donors (Lipinski definition) is 2. The van der Waals surface area contributed by atoms with E-state index in [1.807, 2.05) is 27.2 Å². The van der Waals surface area contributed by atoms with Crippen LogP contribution in [0.15, 0.2) is 12.2 Å². The number of rotatable bonds is 45. The molecule has 0 spiro atoms. The summed E-state index contributed by atoms with van der Waals surface area (Å²) in [7, 11) is 1.08. The number of carbonyl (C=O) groups excluding carboxylic acids is 2. The molecule has 0 saturated carbocycles. The zero-order chi connectivity index (χ0) is 44.6. The van der Waals surface area contributed by atoms with Crippen LogP contribution >= 0.6 is 7.82 Å². The maximum atomic E-state index is 12.7. The van der Waals surface area contributed by atoms with Gasteiger partial charge in [-0.3, -0.25) is 14.2 Å². The van der Waals surface area contributed by atoms with Crippen molar-refractivity contribution in [2.75, 3.05) is 47.5 Å². The first-order valence-corrected chi connectivity index (χ1v) is 26.0. The Morgan fingerprint density at radius 1 is 0.583 bits per heavy atom. The molecule has 0 aromatic rings. The first-order valence-electron chi connectivity index (χ1n) is 24.6. The summed E-state index contributed by atoms with van der Waals surface area (Å²) in [6.45, 7) is 4.02. The van der Waals surface area contributed by atoms with E-state index in [0.29, 0.717) is 36.7 Å². The summed E-state index contributed by atoms with van der Waals surface area (Å²) >= 11 is 0. The molecule has 0 heterocycles. The van der Waals surface area contributed by atoms with Crippen LogP contribution in [0.5, 0.6) is 0 Å². The van der Waals surface area contributed by atoms with Gasteiger partial charge in [0.05, 0.1) is 40.0 Å². The van der Waals surface area contributed by atoms with Gasteiger partial charge in [-0.2, -0.15) is 0 Å². The molecule has 0 amide bonds. The van der Waals surface area contributed by atoms with Crippen LogP contribution in [0.2, 0.25) is 0 Å². The molecular weight excluding hydrogens is 781 g/mol. The molecular formula is C48H94NO10P. The minimum absolute atomic E-state index is 0.0563. The van der Waals surface area contributed by atoms with Crippen molar-refractivity contribution in [3.63, 3.8) is 0 Å². The van der Waals surface area contributed by atoms with E-state index in [1.54, 1.807) is 0 Å². The number of allylic oxidation sites excluding steroid dienone is 1. The van der Waals surface area contributed by atoms with Gasteiger partial charge in [-0.15, -0.1) is 0 Å². The largest absolute Gasteiger partial charge is 0.756 e. The van der Waals surface area contributed by atoms with Crippen LogP contribution in [0.1, 0.15) is 219 Å². The van der Waals surface area contributed by atoms with E-state index in [2.05, 4.69) is 19.9 Å². The van der Waals surface area contributed by atoms with Crippen molar-refractivity contribution in [3.05, 3.63) is 12.2 Å². The van der Waals surface area contributed by atoms with E-state index < -0.39 is 44.7 Å². The average molecular weight is 876 g/mol. The van der Waals surface area contributed by atoms with Crippen molar-refractivity contribution in [3.8, 4) is 0 Å². The number of carbonyl (C=O) groups is 2. The van der Waals surface area contributed by atoms with Gasteiger partial charge in [0.1, 0.15) is 19.8 Å². The molecule has 0 rings (SSSR count). The standard InChI is InChI=1S/C48H94NO10P/c1-6-8-10-12-14-15-16-17-18-19-20-21-22-23-24-25-26-30-34-38-47(52)56-42-44(43-58-60(54,55)57-41-40-49(3,4)5)59-48(53)39-35-31-27-29-33-37-46(51)45(50)36-32-28-13-11-9-7-2/h28,32,44-46,50-51H,6-27,29-31,33-43H2,1-5H3/b32-28-/t44-,45+,46+/m1/s1. The minimum Gasteiger partial charge on any atom is -0.756 e. The molecule has 1 unspecified atom stereocenters. The van der Waals surface area contributed by atoms with Crippen molar-refractivity contribution in [2.45, 2.75) is 238 Å². The molecule has 12 heteroatoms. The van der Waals surface area contributed by atoms with Gasteiger partial charge in [-0.25, -0.2) is 0 Å². The van der Waals surface area contributed by atoms with Crippen LogP contribution in [0, 0.1) is 0 Å². The van der Waals surface area contributed by atoms with Gasteiger partial charge in [0.2, 0.25) is 0 Å². The molecule has 0 radical (unpaired) electrons. The number of aliphatic hydroxyl groups excluding tert-OH is 2. The lowest BCUT2D eigenvalue weighted by Crippen LogP contribution is -2.37. The Morgan fingerprint density at radius 3 is 1.53 bits per heavy atom. The summed E-state index contributed by atoms with van der Waals surface area (Å²) in [5, 5.41) is 20.5. The Balaban J connectivity index is 4.35. The van der Waals surface area contributed by atoms with E-state index in [9.17, 15) is 29.3 Å². The third-order valence-corrected chi connectivity index (χ3v) is 12.0. The molecule has 60 heavy (non-hydrogen) atoms. The van der Waals surface area contributed by atoms with E-state index in [4.69, 9.17) is 18.5 Å². The summed E-state index contributed by atoms with van der Waals surface area (Å²) in [6.07, 6.45) is 35.4. The maximum absolute atomic E-state index is 12.7. The van der Waals surface area contributed by atoms with Gasteiger partial charge < -0.3 is 38.1 Å². The number of unbranched alkanes of at least 4 members (excludes halogenated alkanes) is 25. The van der Waals surface area contributed by atoms with Crippen molar-refractivity contribution >= 4 is 19.8 Å². The van der Waals surface area contributed by atoms with E-state index in [-0.39, 0.29) is 26.1 Å². The van der Waals surface area contributed by atoms with E-state index >= 15 is 0 Å². The molecule has 11 nitrogen and oxygen atoms in total. The number of phosphoric acid groups is 1. The second-order valence-corrected chi connectivity index (χ2v) is 19.6. The van der Waals surface area contributed by atoms with Crippen molar-refractivity contribution in [1.29, 1.82) is 0 Å². The Hall–Kier alpha value is -1.33. The third-order valence-electron chi connectivity index (χ3n) is 11.0. The second kappa shape index (κ2) is 40.4. The molecule has 0 saturated heterocycles. The van der Waals surface area contributed by atoms with Gasteiger partial charge in [-0.05, 0) is 38.5 Å². The van der Waals surface area contributed by atoms with Gasteiger partial charge in [0.25, 0.3) is 7.82 Å². The Kier molecular flexibility index (Phi) is 39.5. The van der Waals surface area contributed by atoms with Gasteiger partial charge in [0.15, 0.2) is 6.10 Å². The zero-order valence-electron chi connectivity index (χ0n) is 39.4. The maximum Gasteiger partial charge on any atom is 0.306 e. The first-order chi connectivity index (χ1) is 28.8. The highest BCUT2D eigenvalue weighted by molar-refractivity contribution is 7.45. The minimum atomic E-state index is -4.66. The Morgan fingerprint density at radius 2 is 1.03 bits per heavy atom. The molecule has 4 atom stereocenters. The highest BCUT2D eigenvalue weighted by atomic mass is 31.2. The highest BCUT2D eigenvalue weighted by Crippen LogP contribution is 2.38. The number of likely N-dealkylation sites (N-methyl/N-ethyl adjacent to an activating group) is 1. The topological polar surface area (TPSA) is 152 Å². The second-order valence-electron chi connectivity index (χ2n) is 18.1. The number of phosphoric ester groups is 1. The predicted molar refractivity (Wildman–Crippen MR) is 243 cm³/mol. The van der Waals surface area contributed by atoms with Crippen molar-refractivity contribution in [2.24, 2.45) is 0 Å². The molecule has 0 bridgehead atoms. The highest BCUT2D eigenvalue weighted by Gasteiger charge is 2.22. The number of hydrogen-bond acceptors (Lipinski definition) is 10. The lowest BCUT2D eigenvalue weighted by atomic mass is 10.0. The van der Waals surface area contributed by atoms with Crippen LogP contribution in [0.4, 0.5) is 0 Å². The fourth-order valence-electron chi connectivity index (χ4n) is 6.97. The fraction of sp³-hybridized carbons (Fsp3) is 0.917. The van der Waals surface area contributed by atoms with Crippen LogP contribution in [-0.2, 0) is 32.7 Å². The Labute approximate surface area is 368 Å². The summed E-state index contributed by atoms with van der Waals surface area (Å²) in [5.74, 6) is -0.935. The molecule has 0 aliphatic heterocycles. The van der Waals surface area contributed by atoms with E-state index in [0.717, 1.165) is 51.4 Å².